The van der Waals surface area contributed by atoms with Gasteiger partial charge in [0.1, 0.15) is 5.58 Å². The molecule has 0 bridgehead atoms. The smallest absolute Gasteiger partial charge is 0.128 e. The third-order valence-corrected chi connectivity index (χ3v) is 11.9. The Morgan fingerprint density at radius 2 is 1.44 bits per heavy atom. The van der Waals surface area contributed by atoms with Crippen molar-refractivity contribution in [3.8, 4) is 33.6 Å². The molecule has 3 heterocycles. The van der Waals surface area contributed by atoms with Gasteiger partial charge in [0.15, 0.2) is 0 Å². The summed E-state index contributed by atoms with van der Waals surface area (Å²) in [6, 6.07) is 43.2. The molecule has 0 aliphatic carbocycles. The van der Waals surface area contributed by atoms with Gasteiger partial charge in [0.2, 0.25) is 0 Å². The van der Waals surface area contributed by atoms with Crippen LogP contribution in [0.1, 0.15) is 5.56 Å². The first kappa shape index (κ1) is 30.6. The second-order valence-corrected chi connectivity index (χ2v) is 21.9. The first-order chi connectivity index (χ1) is 20.4. The second kappa shape index (κ2) is 13.2. The largest absolute Gasteiger partial charge is 0.500 e. The van der Waals surface area contributed by atoms with Crippen molar-refractivity contribution >= 4 is 39.6 Å². The van der Waals surface area contributed by atoms with Crippen LogP contribution in [0.5, 0.6) is 0 Å². The number of rotatable bonds is 4. The molecule has 4 aromatic carbocycles. The van der Waals surface area contributed by atoms with Crippen molar-refractivity contribution in [1.82, 2.24) is 9.97 Å². The van der Waals surface area contributed by atoms with Crippen molar-refractivity contribution in [3.05, 3.63) is 139 Å². The molecule has 0 saturated carbocycles. The van der Waals surface area contributed by atoms with Crippen molar-refractivity contribution in [2.24, 2.45) is 0 Å². The van der Waals surface area contributed by atoms with E-state index in [0.717, 1.165) is 55.6 Å². The molecule has 1 radical (unpaired) electrons. The predicted molar refractivity (Wildman–Crippen MR) is 177 cm³/mol. The summed E-state index contributed by atoms with van der Waals surface area (Å²) in [5.41, 5.74) is 9.22. The third kappa shape index (κ3) is 6.57. The molecule has 0 spiro atoms. The van der Waals surface area contributed by atoms with E-state index in [0.29, 0.717) is 0 Å². The van der Waals surface area contributed by atoms with Crippen molar-refractivity contribution in [2.45, 2.75) is 24.2 Å². The van der Waals surface area contributed by atoms with Gasteiger partial charge in [0.05, 0.1) is 5.58 Å². The Balaban J connectivity index is 0.000000180. The molecule has 5 heteroatoms. The van der Waals surface area contributed by atoms with Crippen LogP contribution in [0.25, 0.3) is 55.6 Å². The third-order valence-electron chi connectivity index (χ3n) is 7.37. The molecule has 215 valence electrons. The van der Waals surface area contributed by atoms with Crippen LogP contribution in [0.15, 0.2) is 126 Å². The van der Waals surface area contributed by atoms with Gasteiger partial charge in [-0.2, -0.15) is 0 Å². The van der Waals surface area contributed by atoms with Crippen LogP contribution in [-0.2, 0) is 20.1 Å². The van der Waals surface area contributed by atoms with Gasteiger partial charge in [-0.3, -0.25) is 0 Å². The number of benzene rings is 4. The van der Waals surface area contributed by atoms with E-state index in [1.165, 1.54) is 9.96 Å². The van der Waals surface area contributed by atoms with E-state index < -0.39 is 13.3 Å². The summed E-state index contributed by atoms with van der Waals surface area (Å²) in [6.45, 7) is 2.19. The standard InChI is InChI=1S/C23H14NO.C15H18GeN.Ir/c1-2-8-16(9-3-1)17-10-6-11-18-19-12-7-13-20(23(19)25-22(17)18)21-14-4-5-15-24-21;1-12-10-15(13-8-6-5-7-9-13)17-11-14(12)16(2,3)4;/h1-12,14-15H;5-8,10-11H,1-4H3;/q2*-1;. The molecule has 43 heavy (non-hydrogen) atoms. The minimum Gasteiger partial charge on any atom is -0.500 e. The summed E-state index contributed by atoms with van der Waals surface area (Å²) in [5.74, 6) is 7.20. The zero-order chi connectivity index (χ0) is 29.1. The maximum atomic E-state index is 6.35. The van der Waals surface area contributed by atoms with Crippen LogP contribution < -0.4 is 4.40 Å². The number of hydrogen-bond acceptors (Lipinski definition) is 3. The number of para-hydroxylation sites is 1. The first-order valence-electron chi connectivity index (χ1n) is 14.2. The molecule has 0 atom stereocenters. The molecular formula is C38H32GeIrN2O-2. The number of furan rings is 1. The van der Waals surface area contributed by atoms with Crippen LogP contribution in [-0.4, -0.2) is 23.2 Å². The Bertz CT molecular complexity index is 1870. The Kier molecular flexibility index (Phi) is 9.41. The topological polar surface area (TPSA) is 38.9 Å². The normalized spacial score (nSPS) is 11.1. The quantitative estimate of drug-likeness (QED) is 0.132. The fourth-order valence-corrected chi connectivity index (χ4v) is 8.93. The maximum absolute atomic E-state index is 6.35. The van der Waals surface area contributed by atoms with E-state index >= 15 is 0 Å². The molecule has 0 N–H and O–H groups in total. The van der Waals surface area contributed by atoms with Crippen molar-refractivity contribution < 1.29 is 24.5 Å². The van der Waals surface area contributed by atoms with E-state index in [1.54, 1.807) is 6.20 Å². The average Bonchev–Trinajstić information content (AvgIpc) is 3.41. The molecule has 0 amide bonds. The van der Waals surface area contributed by atoms with E-state index in [2.05, 4.69) is 101 Å². The number of aromatic nitrogens is 2. The molecule has 0 aliphatic rings. The number of pyridine rings is 2. The van der Waals surface area contributed by atoms with Crippen molar-refractivity contribution in [2.75, 3.05) is 0 Å². The second-order valence-electron chi connectivity index (χ2n) is 11.4. The number of hydrogen-bond donors (Lipinski definition) is 0. The fourth-order valence-electron chi connectivity index (χ4n) is 5.35. The molecule has 0 fully saturated rings. The summed E-state index contributed by atoms with van der Waals surface area (Å²) < 4.78 is 7.84. The summed E-state index contributed by atoms with van der Waals surface area (Å²) >= 11 is -1.77. The molecule has 0 unspecified atom stereocenters. The van der Waals surface area contributed by atoms with Gasteiger partial charge in [0, 0.05) is 37.3 Å². The zero-order valence-corrected chi connectivity index (χ0v) is 29.2. The summed E-state index contributed by atoms with van der Waals surface area (Å²) in [6.07, 6.45) is 3.87. The van der Waals surface area contributed by atoms with Gasteiger partial charge in [-0.05, 0) is 17.3 Å². The van der Waals surface area contributed by atoms with E-state index in [9.17, 15) is 0 Å². The van der Waals surface area contributed by atoms with Gasteiger partial charge in [0.25, 0.3) is 0 Å². The monoisotopic (exact) mass is 799 g/mol. The van der Waals surface area contributed by atoms with Gasteiger partial charge in [-0.1, -0.05) is 71.6 Å². The average molecular weight is 798 g/mol. The fraction of sp³-hybridized carbons (Fsp3) is 0.105. The molecular weight excluding hydrogens is 765 g/mol. The maximum Gasteiger partial charge on any atom is 0.128 e. The number of fused-ring (bicyclic) bond motifs is 3. The molecule has 3 nitrogen and oxygen atoms in total. The van der Waals surface area contributed by atoms with Crippen LogP contribution in [0.2, 0.25) is 17.3 Å². The van der Waals surface area contributed by atoms with Gasteiger partial charge >= 0.3 is 106 Å². The van der Waals surface area contributed by atoms with Crippen LogP contribution in [0.4, 0.5) is 0 Å². The Morgan fingerprint density at radius 1 is 0.674 bits per heavy atom. The Hall–Kier alpha value is -3.83. The predicted octanol–water partition coefficient (Wildman–Crippen LogP) is 9.52. The molecule has 7 aromatic rings. The molecule has 0 aliphatic heterocycles. The van der Waals surface area contributed by atoms with E-state index in [-0.39, 0.29) is 20.1 Å². The summed E-state index contributed by atoms with van der Waals surface area (Å²) in [5, 5.41) is 2.20. The minimum absolute atomic E-state index is 0. The summed E-state index contributed by atoms with van der Waals surface area (Å²) in [4.78, 5) is 9.05. The van der Waals surface area contributed by atoms with Gasteiger partial charge in [-0.15, -0.1) is 18.2 Å². The first-order valence-corrected chi connectivity index (χ1v) is 21.5. The van der Waals surface area contributed by atoms with Crippen LogP contribution in [0.3, 0.4) is 0 Å². The van der Waals surface area contributed by atoms with Crippen LogP contribution >= 0.6 is 0 Å². The van der Waals surface area contributed by atoms with E-state index in [4.69, 9.17) is 4.42 Å². The zero-order valence-electron chi connectivity index (χ0n) is 24.7. The minimum atomic E-state index is -1.77. The number of aryl methyl sites for hydroxylation is 1. The van der Waals surface area contributed by atoms with Crippen molar-refractivity contribution in [3.63, 3.8) is 0 Å². The van der Waals surface area contributed by atoms with Crippen LogP contribution in [0, 0.1) is 19.1 Å². The van der Waals surface area contributed by atoms with Crippen molar-refractivity contribution in [1.29, 1.82) is 0 Å². The summed E-state index contributed by atoms with van der Waals surface area (Å²) in [7, 11) is 0. The Morgan fingerprint density at radius 3 is 2.14 bits per heavy atom. The molecule has 7 rings (SSSR count). The Labute approximate surface area is 269 Å². The van der Waals surface area contributed by atoms with E-state index in [1.807, 2.05) is 60.7 Å². The van der Waals surface area contributed by atoms with Gasteiger partial charge in [-0.25, -0.2) is 0 Å². The molecule has 3 aromatic heterocycles. The number of nitrogens with zero attached hydrogens (tertiary/aromatic N) is 2. The SMILES string of the molecule is Cc1cc(-c2[c-]cccc2)nc[c]1[Ge]([CH3])([CH3])[CH3].[Ir].[c-]1ccc2c(oc3c(-c4ccccc4)cccc32)c1-c1ccccn1. The molecule has 0 saturated heterocycles. The van der Waals surface area contributed by atoms with Gasteiger partial charge < -0.3 is 9.40 Å².